The van der Waals surface area contributed by atoms with Crippen molar-refractivity contribution in [3.63, 3.8) is 0 Å². The highest BCUT2D eigenvalue weighted by atomic mass is 32.3. The zero-order chi connectivity index (χ0) is 52.9. The van der Waals surface area contributed by atoms with Gasteiger partial charge in [-0.3, -0.25) is 9.59 Å². The van der Waals surface area contributed by atoms with Crippen LogP contribution in [0.15, 0.2) is 20.1 Å². The van der Waals surface area contributed by atoms with Crippen molar-refractivity contribution in [1.29, 1.82) is 0 Å². The lowest BCUT2D eigenvalue weighted by atomic mass is 10.0. The number of likely N-dealkylation sites (N-methyl/N-ethyl adjacent to an activating group) is 1. The van der Waals surface area contributed by atoms with Crippen molar-refractivity contribution in [2.75, 3.05) is 13.2 Å². The van der Waals surface area contributed by atoms with Crippen molar-refractivity contribution in [2.45, 2.75) is 155 Å². The molecule has 1 amide bonds. The van der Waals surface area contributed by atoms with E-state index in [1.165, 1.54) is 13.0 Å². The Bertz CT molecular complexity index is 2280. The van der Waals surface area contributed by atoms with E-state index in [1.807, 2.05) is 0 Å². The predicted molar refractivity (Wildman–Crippen MR) is 232 cm³/mol. The minimum Gasteiger partial charge on any atom is -0.450 e. The van der Waals surface area contributed by atoms with Crippen LogP contribution < -0.4 is 10.0 Å². The number of nitrogens with one attached hydrogen (secondary N) is 2. The van der Waals surface area contributed by atoms with E-state index in [4.69, 9.17) is 37.9 Å². The van der Waals surface area contributed by atoms with E-state index in [9.17, 15) is 69.9 Å². The van der Waals surface area contributed by atoms with Crippen LogP contribution in [0.2, 0.25) is 0 Å². The summed E-state index contributed by atoms with van der Waals surface area (Å²) in [6, 6.07) is -0.741. The molecular formula is C40H56N2O24S3. The van der Waals surface area contributed by atoms with Crippen LogP contribution in [0.25, 0.3) is 0 Å². The summed E-state index contributed by atoms with van der Waals surface area (Å²) < 4.78 is 97.7. The number of esters is 8. The highest BCUT2D eigenvalue weighted by Crippen LogP contribution is 2.48. The van der Waals surface area contributed by atoms with Crippen LogP contribution in [0.3, 0.4) is 0 Å². The van der Waals surface area contributed by atoms with Gasteiger partial charge in [0.1, 0.15) is 14.6 Å². The fourth-order valence-corrected chi connectivity index (χ4v) is 10.4. The van der Waals surface area contributed by atoms with E-state index in [1.54, 1.807) is 11.6 Å². The zero-order valence-electron chi connectivity index (χ0n) is 39.3. The first-order valence-electron chi connectivity index (χ1n) is 20.9. The number of aliphatic hydroxyl groups is 1. The van der Waals surface area contributed by atoms with Gasteiger partial charge in [-0.15, -0.1) is 0 Å². The first-order valence-corrected chi connectivity index (χ1v) is 24.8. The molecule has 2 heterocycles. The fraction of sp³-hybridized carbons (Fsp3) is 0.650. The van der Waals surface area contributed by atoms with Gasteiger partial charge in [-0.25, -0.2) is 59.9 Å². The van der Waals surface area contributed by atoms with E-state index < -0.39 is 157 Å². The summed E-state index contributed by atoms with van der Waals surface area (Å²) in [6.45, 7) is 12.5. The standard InChI is InChI=1S/C40H56N2O24S3/c1-12-41-29-14-30(67-40-28(29)13-17(2)68(40,54)55)69(56,57)42-31(45)19(4)59-34(48)22(7)62-37(51)24(9)64-38(52)25(10)63-36(50)23(8)61-33(47)20(5)58-16-27(15-43)66-39(53)26(11)65-35(49)21(6)60-32(46)18(3)44/h14-15,17-27,29,41,44H,12-13,16H2,1-11H3,(H,42,45)/t17-,18-,19-,20-,21-,22-,23-,24-,25-,26-,27?,29-/m0/s1. The number of sulfone groups is 1. The van der Waals surface area contributed by atoms with Gasteiger partial charge >= 0.3 is 47.8 Å². The summed E-state index contributed by atoms with van der Waals surface area (Å²) in [4.78, 5) is 123. The third-order valence-corrected chi connectivity index (χ3v) is 15.1. The minimum absolute atomic E-state index is 0.129. The molecule has 2 rings (SSSR count). The van der Waals surface area contributed by atoms with Crippen LogP contribution in [-0.2, 0) is 110 Å². The Morgan fingerprint density at radius 3 is 1.43 bits per heavy atom. The molecule has 0 aliphatic carbocycles. The number of carbonyl (C=O) groups is 10. The van der Waals surface area contributed by atoms with E-state index in [0.29, 0.717) is 23.9 Å². The lowest BCUT2D eigenvalue weighted by Crippen LogP contribution is -2.42. The van der Waals surface area contributed by atoms with E-state index in [2.05, 4.69) is 10.1 Å². The summed E-state index contributed by atoms with van der Waals surface area (Å²) in [7, 11) is -8.49. The fourth-order valence-electron chi connectivity index (χ4n) is 5.31. The third kappa shape index (κ3) is 17.2. The lowest BCUT2D eigenvalue weighted by molar-refractivity contribution is -0.187. The van der Waals surface area contributed by atoms with Gasteiger partial charge in [-0.2, -0.15) is 0 Å². The summed E-state index contributed by atoms with van der Waals surface area (Å²) in [6.07, 6.45) is -14.8. The molecule has 0 spiro atoms. The maximum Gasteiger partial charge on any atom is 0.347 e. The molecule has 29 heteroatoms. The quantitative estimate of drug-likeness (QED) is 0.0551. The first-order chi connectivity index (χ1) is 31.9. The Kier molecular flexibility index (Phi) is 22.4. The zero-order valence-corrected chi connectivity index (χ0v) is 41.7. The summed E-state index contributed by atoms with van der Waals surface area (Å²) >= 11 is 0.475. The van der Waals surface area contributed by atoms with E-state index in [-0.39, 0.29) is 16.9 Å². The molecule has 0 saturated carbocycles. The molecule has 388 valence electrons. The van der Waals surface area contributed by atoms with Crippen molar-refractivity contribution in [1.82, 2.24) is 10.0 Å². The maximum absolute atomic E-state index is 13.2. The second-order valence-corrected chi connectivity index (χ2v) is 20.8. The average Bonchev–Trinajstić information content (AvgIpc) is 3.50. The Morgan fingerprint density at radius 2 is 1.04 bits per heavy atom. The normalized spacial score (nSPS) is 20.7. The lowest BCUT2D eigenvalue weighted by Gasteiger charge is -2.23. The molecule has 69 heavy (non-hydrogen) atoms. The number of hydrogen-bond acceptors (Lipinski definition) is 26. The summed E-state index contributed by atoms with van der Waals surface area (Å²) in [5, 5.41) is 11.4. The maximum atomic E-state index is 13.2. The third-order valence-electron chi connectivity index (χ3n) is 9.37. The highest BCUT2D eigenvalue weighted by molar-refractivity contribution is 8.28. The van der Waals surface area contributed by atoms with Crippen LogP contribution in [0, 0.1) is 0 Å². The van der Waals surface area contributed by atoms with Gasteiger partial charge in [-0.1, -0.05) is 18.7 Å². The number of aliphatic hydroxyl groups excluding tert-OH is 1. The molecule has 2 aliphatic heterocycles. The average molecular weight is 1050 g/mol. The molecule has 0 radical (unpaired) electrons. The monoisotopic (exact) mass is 1040 g/mol. The molecule has 0 aromatic heterocycles. The number of sulfonamides is 1. The Labute approximate surface area is 401 Å². The number of hydrogen-bond donors (Lipinski definition) is 3. The molecule has 0 aromatic rings. The van der Waals surface area contributed by atoms with Crippen LogP contribution in [-0.4, -0.2) is 167 Å². The van der Waals surface area contributed by atoms with Gasteiger partial charge in [0.25, 0.3) is 15.9 Å². The van der Waals surface area contributed by atoms with Crippen molar-refractivity contribution in [3.8, 4) is 0 Å². The van der Waals surface area contributed by atoms with Gasteiger partial charge in [0, 0.05) is 0 Å². The first kappa shape index (κ1) is 59.6. The van der Waals surface area contributed by atoms with Crippen LogP contribution in [0.1, 0.15) is 82.6 Å². The van der Waals surface area contributed by atoms with E-state index >= 15 is 0 Å². The predicted octanol–water partition coefficient (Wildman–Crippen LogP) is -1.16. The Morgan fingerprint density at radius 1 is 0.667 bits per heavy atom. The number of aldehydes is 1. The van der Waals surface area contributed by atoms with E-state index in [0.717, 1.165) is 62.3 Å². The summed E-state index contributed by atoms with van der Waals surface area (Å²) in [5.41, 5.74) is 0.501. The number of amides is 1. The molecule has 0 bridgehead atoms. The highest BCUT2D eigenvalue weighted by Gasteiger charge is 2.44. The van der Waals surface area contributed by atoms with Gasteiger partial charge in [0.05, 0.1) is 17.9 Å². The number of carbonyl (C=O) groups excluding carboxylic acids is 10. The smallest absolute Gasteiger partial charge is 0.347 e. The molecule has 0 fully saturated rings. The number of ether oxygens (including phenoxy) is 9. The minimum atomic E-state index is -4.67. The largest absolute Gasteiger partial charge is 0.450 e. The number of thioether (sulfide) groups is 1. The second kappa shape index (κ2) is 25.9. The molecule has 12 atom stereocenters. The van der Waals surface area contributed by atoms with Crippen molar-refractivity contribution < 1.29 is 113 Å². The van der Waals surface area contributed by atoms with Crippen LogP contribution in [0.4, 0.5) is 0 Å². The molecule has 2 aliphatic rings. The van der Waals surface area contributed by atoms with Gasteiger partial charge in [-0.05, 0) is 93.9 Å². The molecule has 1 unspecified atom stereocenters. The molecule has 0 aromatic carbocycles. The molecular weight excluding hydrogens is 989 g/mol. The number of rotatable bonds is 25. The Hall–Kier alpha value is -5.49. The van der Waals surface area contributed by atoms with Crippen molar-refractivity contribution in [2.24, 2.45) is 0 Å². The van der Waals surface area contributed by atoms with Gasteiger partial charge < -0.3 is 53.1 Å². The van der Waals surface area contributed by atoms with Crippen molar-refractivity contribution in [3.05, 3.63) is 20.1 Å². The second-order valence-electron chi connectivity index (χ2n) is 15.3. The van der Waals surface area contributed by atoms with Crippen LogP contribution >= 0.6 is 11.8 Å². The molecule has 26 nitrogen and oxygen atoms in total. The van der Waals surface area contributed by atoms with Crippen molar-refractivity contribution >= 4 is 91.6 Å². The molecule has 0 saturated heterocycles. The SMILES string of the molecule is CCN[C@H]1C=C(S(=O)(=O)NC(=O)[C@H](C)OC(=O)[C@H](C)OC(=O)[C@H](C)OC(=O)[C@H](C)OC(=O)[C@H](C)OC(=O)[C@H](C)OCC(C=O)OC(=O)[C@H](C)OC(=O)[C@H](C)OC(=O)[C@H](C)O)SC2=C1C[C@H](C)S2(=O)=O. The van der Waals surface area contributed by atoms with Crippen LogP contribution in [0.5, 0.6) is 0 Å². The molecule has 3 N–H and O–H groups in total. The van der Waals surface area contributed by atoms with Gasteiger partial charge in [0.2, 0.25) is 0 Å². The Balaban J connectivity index is 1.83. The summed E-state index contributed by atoms with van der Waals surface area (Å²) in [5.74, 6) is -11.2. The van der Waals surface area contributed by atoms with Gasteiger partial charge in [0.15, 0.2) is 71.1 Å². The topological polar surface area (TPSA) is 366 Å².